The molecule has 17 heavy (non-hydrogen) atoms. The van der Waals surface area contributed by atoms with E-state index >= 15 is 0 Å². The molecule has 0 radical (unpaired) electrons. The molecule has 0 aromatic carbocycles. The summed E-state index contributed by atoms with van der Waals surface area (Å²) in [7, 11) is 0. The van der Waals surface area contributed by atoms with Gasteiger partial charge in [-0.3, -0.25) is 0 Å². The van der Waals surface area contributed by atoms with Gasteiger partial charge in [-0.25, -0.2) is 0 Å². The topological polar surface area (TPSA) is 66.5 Å². The van der Waals surface area contributed by atoms with Crippen molar-refractivity contribution in [1.82, 2.24) is 0 Å². The maximum Gasteiger partial charge on any atom is 0.0719 e. The summed E-state index contributed by atoms with van der Waals surface area (Å²) < 4.78 is 0. The van der Waals surface area contributed by atoms with Gasteiger partial charge in [0.1, 0.15) is 0 Å². The van der Waals surface area contributed by atoms with Gasteiger partial charge in [0.05, 0.1) is 18.2 Å². The van der Waals surface area contributed by atoms with Gasteiger partial charge in [0.2, 0.25) is 0 Å². The van der Waals surface area contributed by atoms with E-state index in [4.69, 9.17) is 5.73 Å². The van der Waals surface area contributed by atoms with E-state index in [1.54, 1.807) is 0 Å². The summed E-state index contributed by atoms with van der Waals surface area (Å²) in [5, 5.41) is 20.0. The normalized spacial score (nSPS) is 23.6. The van der Waals surface area contributed by atoms with E-state index in [0.717, 1.165) is 6.42 Å². The lowest BCUT2D eigenvalue weighted by Gasteiger charge is -2.29. The molecule has 3 atom stereocenters. The van der Waals surface area contributed by atoms with Crippen molar-refractivity contribution in [3.8, 4) is 0 Å². The lowest BCUT2D eigenvalue weighted by Crippen LogP contribution is -2.46. The third kappa shape index (κ3) is 5.36. The number of aliphatic hydroxyl groups is 2. The SMILES string of the molecule is CC(C)CC(O)C(N)C(O)CC1CCCCC1. The van der Waals surface area contributed by atoms with Crippen molar-refractivity contribution in [2.24, 2.45) is 17.6 Å². The van der Waals surface area contributed by atoms with E-state index in [2.05, 4.69) is 13.8 Å². The first-order chi connectivity index (χ1) is 8.00. The highest BCUT2D eigenvalue weighted by Gasteiger charge is 2.26. The average molecular weight is 243 g/mol. The Labute approximate surface area is 105 Å². The Kier molecular flexibility index (Phi) is 6.45. The number of nitrogens with two attached hydrogens (primary N) is 1. The summed E-state index contributed by atoms with van der Waals surface area (Å²) in [5.74, 6) is 1.02. The fourth-order valence-electron chi connectivity index (χ4n) is 2.82. The predicted octanol–water partition coefficient (Wildman–Crippen LogP) is 2.05. The predicted molar refractivity (Wildman–Crippen MR) is 70.6 cm³/mol. The second kappa shape index (κ2) is 7.34. The van der Waals surface area contributed by atoms with Gasteiger partial charge in [-0.05, 0) is 24.7 Å². The van der Waals surface area contributed by atoms with Crippen molar-refractivity contribution in [1.29, 1.82) is 0 Å². The molecule has 1 aliphatic carbocycles. The van der Waals surface area contributed by atoms with Gasteiger partial charge in [0.15, 0.2) is 0 Å². The van der Waals surface area contributed by atoms with Crippen molar-refractivity contribution < 1.29 is 10.2 Å². The van der Waals surface area contributed by atoms with E-state index in [1.165, 1.54) is 32.1 Å². The molecule has 0 heterocycles. The maximum absolute atomic E-state index is 10.1. The standard InChI is InChI=1S/C14H29NO2/c1-10(2)8-12(16)14(15)13(17)9-11-6-4-3-5-7-11/h10-14,16-17H,3-9,15H2,1-2H3. The van der Waals surface area contributed by atoms with Crippen LogP contribution in [0.15, 0.2) is 0 Å². The van der Waals surface area contributed by atoms with Crippen molar-refractivity contribution in [2.75, 3.05) is 0 Å². The zero-order valence-corrected chi connectivity index (χ0v) is 11.3. The molecule has 4 N–H and O–H groups in total. The number of aliphatic hydroxyl groups excluding tert-OH is 2. The Bertz CT molecular complexity index is 202. The molecule has 0 saturated heterocycles. The molecular weight excluding hydrogens is 214 g/mol. The van der Waals surface area contributed by atoms with Crippen LogP contribution >= 0.6 is 0 Å². The van der Waals surface area contributed by atoms with E-state index in [0.29, 0.717) is 18.3 Å². The molecule has 0 amide bonds. The van der Waals surface area contributed by atoms with Gasteiger partial charge in [-0.2, -0.15) is 0 Å². The minimum Gasteiger partial charge on any atom is -0.391 e. The monoisotopic (exact) mass is 243 g/mol. The molecule has 1 aliphatic rings. The van der Waals surface area contributed by atoms with Crippen molar-refractivity contribution in [3.05, 3.63) is 0 Å². The highest BCUT2D eigenvalue weighted by molar-refractivity contribution is 4.82. The third-order valence-corrected chi connectivity index (χ3v) is 3.90. The molecule has 3 heteroatoms. The van der Waals surface area contributed by atoms with Crippen molar-refractivity contribution >= 4 is 0 Å². The van der Waals surface area contributed by atoms with Gasteiger partial charge in [-0.1, -0.05) is 46.0 Å². The minimum absolute atomic E-state index is 0.415. The van der Waals surface area contributed by atoms with Crippen LogP contribution in [-0.2, 0) is 0 Å². The zero-order valence-electron chi connectivity index (χ0n) is 11.3. The lowest BCUT2D eigenvalue weighted by atomic mass is 9.83. The van der Waals surface area contributed by atoms with Crippen LogP contribution in [0.3, 0.4) is 0 Å². The summed E-state index contributed by atoms with van der Waals surface area (Å²) in [6, 6.07) is -0.487. The molecule has 1 saturated carbocycles. The Hall–Kier alpha value is -0.120. The maximum atomic E-state index is 10.1. The first-order valence-corrected chi connectivity index (χ1v) is 7.12. The van der Waals surface area contributed by atoms with Crippen LogP contribution in [0.25, 0.3) is 0 Å². The van der Waals surface area contributed by atoms with Crippen LogP contribution in [0.4, 0.5) is 0 Å². The molecule has 0 aromatic heterocycles. The Balaban J connectivity index is 2.31. The molecule has 3 unspecified atom stereocenters. The first kappa shape index (κ1) is 14.9. The molecule has 102 valence electrons. The number of hydrogen-bond donors (Lipinski definition) is 3. The van der Waals surface area contributed by atoms with Crippen LogP contribution in [0.1, 0.15) is 58.8 Å². The smallest absolute Gasteiger partial charge is 0.0719 e. The fraction of sp³-hybridized carbons (Fsp3) is 1.00. The summed E-state index contributed by atoms with van der Waals surface area (Å²) >= 11 is 0. The molecule has 0 aromatic rings. The third-order valence-electron chi connectivity index (χ3n) is 3.90. The Morgan fingerprint density at radius 2 is 1.65 bits per heavy atom. The van der Waals surface area contributed by atoms with E-state index in [-0.39, 0.29) is 0 Å². The fourth-order valence-corrected chi connectivity index (χ4v) is 2.82. The largest absolute Gasteiger partial charge is 0.391 e. The molecular formula is C14H29NO2. The molecule has 0 spiro atoms. The minimum atomic E-state index is -0.575. The second-order valence-electron chi connectivity index (χ2n) is 6.08. The molecule has 0 aliphatic heterocycles. The van der Waals surface area contributed by atoms with Crippen LogP contribution in [0.2, 0.25) is 0 Å². The zero-order chi connectivity index (χ0) is 12.8. The van der Waals surface area contributed by atoms with E-state index in [9.17, 15) is 10.2 Å². The van der Waals surface area contributed by atoms with Crippen LogP contribution < -0.4 is 5.73 Å². The summed E-state index contributed by atoms with van der Waals surface area (Å²) in [5.41, 5.74) is 5.93. The lowest BCUT2D eigenvalue weighted by molar-refractivity contribution is 0.0292. The average Bonchev–Trinajstić information content (AvgIpc) is 2.28. The van der Waals surface area contributed by atoms with E-state index in [1.807, 2.05) is 0 Å². The summed E-state index contributed by atoms with van der Waals surface area (Å²) in [6.45, 7) is 4.12. The highest BCUT2D eigenvalue weighted by Crippen LogP contribution is 2.28. The van der Waals surface area contributed by atoms with Gasteiger partial charge in [0, 0.05) is 0 Å². The Morgan fingerprint density at radius 3 is 2.18 bits per heavy atom. The van der Waals surface area contributed by atoms with Gasteiger partial charge in [0.25, 0.3) is 0 Å². The van der Waals surface area contributed by atoms with Crippen LogP contribution in [-0.4, -0.2) is 28.5 Å². The van der Waals surface area contributed by atoms with Gasteiger partial charge < -0.3 is 15.9 Å². The molecule has 0 bridgehead atoms. The van der Waals surface area contributed by atoms with Crippen molar-refractivity contribution in [2.45, 2.75) is 77.0 Å². The van der Waals surface area contributed by atoms with Crippen LogP contribution in [0.5, 0.6) is 0 Å². The highest BCUT2D eigenvalue weighted by atomic mass is 16.3. The van der Waals surface area contributed by atoms with E-state index < -0.39 is 18.2 Å². The molecule has 3 nitrogen and oxygen atoms in total. The van der Waals surface area contributed by atoms with Crippen molar-refractivity contribution in [3.63, 3.8) is 0 Å². The van der Waals surface area contributed by atoms with Gasteiger partial charge >= 0.3 is 0 Å². The number of rotatable bonds is 6. The summed E-state index contributed by atoms with van der Waals surface area (Å²) in [4.78, 5) is 0. The Morgan fingerprint density at radius 1 is 1.06 bits per heavy atom. The first-order valence-electron chi connectivity index (χ1n) is 7.12. The molecule has 1 fully saturated rings. The second-order valence-corrected chi connectivity index (χ2v) is 6.08. The molecule has 1 rings (SSSR count). The number of hydrogen-bond acceptors (Lipinski definition) is 3. The van der Waals surface area contributed by atoms with Gasteiger partial charge in [-0.15, -0.1) is 0 Å². The summed E-state index contributed by atoms with van der Waals surface area (Å²) in [6.07, 6.45) is 6.62. The quantitative estimate of drug-likeness (QED) is 0.669. The van der Waals surface area contributed by atoms with Crippen LogP contribution in [0, 0.1) is 11.8 Å².